The standard InChI is InChI=1S/C16H17N3O5S/c1-9(20)13(15(23)24)19-14(22)11-8-25-16(17-11)18-12(21)7-10-5-3-2-4-6-10/h2-6,8-9,13,20H,7H2,1H3,(H,19,22)(H,23,24)(H,17,18,21). The molecule has 2 amide bonds. The van der Waals surface area contributed by atoms with Gasteiger partial charge in [0.2, 0.25) is 5.91 Å². The van der Waals surface area contributed by atoms with Gasteiger partial charge in [-0.25, -0.2) is 9.78 Å². The van der Waals surface area contributed by atoms with E-state index < -0.39 is 24.0 Å². The third-order valence-electron chi connectivity index (χ3n) is 3.23. The van der Waals surface area contributed by atoms with E-state index in [-0.39, 0.29) is 23.2 Å². The first-order valence-electron chi connectivity index (χ1n) is 7.38. The fourth-order valence-corrected chi connectivity index (χ4v) is 2.69. The van der Waals surface area contributed by atoms with Gasteiger partial charge in [-0.15, -0.1) is 11.3 Å². The summed E-state index contributed by atoms with van der Waals surface area (Å²) in [7, 11) is 0. The van der Waals surface area contributed by atoms with E-state index >= 15 is 0 Å². The molecule has 8 nitrogen and oxygen atoms in total. The number of hydrogen-bond acceptors (Lipinski definition) is 6. The number of carboxylic acid groups (broad SMARTS) is 1. The zero-order chi connectivity index (χ0) is 18.4. The summed E-state index contributed by atoms with van der Waals surface area (Å²) in [4.78, 5) is 38.9. The molecule has 2 atom stereocenters. The molecule has 9 heteroatoms. The Morgan fingerprint density at radius 3 is 2.52 bits per heavy atom. The number of carbonyl (C=O) groups excluding carboxylic acids is 2. The summed E-state index contributed by atoms with van der Waals surface area (Å²) in [6, 6.07) is 7.71. The van der Waals surface area contributed by atoms with Crippen LogP contribution in [0, 0.1) is 0 Å². The molecule has 4 N–H and O–H groups in total. The Kier molecular flexibility index (Phi) is 6.20. The lowest BCUT2D eigenvalue weighted by molar-refractivity contribution is -0.141. The lowest BCUT2D eigenvalue weighted by atomic mass is 10.1. The Morgan fingerprint density at radius 1 is 1.24 bits per heavy atom. The largest absolute Gasteiger partial charge is 0.480 e. The van der Waals surface area contributed by atoms with Gasteiger partial charge in [-0.1, -0.05) is 30.3 Å². The maximum atomic E-state index is 12.0. The molecule has 1 aromatic carbocycles. The van der Waals surface area contributed by atoms with Gasteiger partial charge in [0.25, 0.3) is 5.91 Å². The van der Waals surface area contributed by atoms with Crippen LogP contribution in [-0.4, -0.2) is 45.1 Å². The third kappa shape index (κ3) is 5.37. The molecule has 2 unspecified atom stereocenters. The van der Waals surface area contributed by atoms with Crippen molar-refractivity contribution in [2.75, 3.05) is 5.32 Å². The van der Waals surface area contributed by atoms with Gasteiger partial charge in [0.05, 0.1) is 12.5 Å². The van der Waals surface area contributed by atoms with E-state index in [0.29, 0.717) is 0 Å². The zero-order valence-corrected chi connectivity index (χ0v) is 14.1. The van der Waals surface area contributed by atoms with Crippen molar-refractivity contribution in [1.29, 1.82) is 0 Å². The van der Waals surface area contributed by atoms with Gasteiger partial charge in [0.15, 0.2) is 11.2 Å². The second-order valence-corrected chi connectivity index (χ2v) is 6.14. The molecule has 2 aromatic rings. The summed E-state index contributed by atoms with van der Waals surface area (Å²) in [5, 5.41) is 24.7. The van der Waals surface area contributed by atoms with E-state index in [1.807, 2.05) is 30.3 Å². The van der Waals surface area contributed by atoms with Crippen molar-refractivity contribution >= 4 is 34.3 Å². The van der Waals surface area contributed by atoms with Crippen LogP contribution in [0.4, 0.5) is 5.13 Å². The van der Waals surface area contributed by atoms with Crippen molar-refractivity contribution in [2.24, 2.45) is 0 Å². The van der Waals surface area contributed by atoms with Gasteiger partial charge in [-0.05, 0) is 12.5 Å². The Hall–Kier alpha value is -2.78. The van der Waals surface area contributed by atoms with Gasteiger partial charge in [-0.3, -0.25) is 9.59 Å². The van der Waals surface area contributed by atoms with E-state index in [0.717, 1.165) is 16.9 Å². The maximum Gasteiger partial charge on any atom is 0.328 e. The normalized spacial score (nSPS) is 12.9. The molecule has 0 aliphatic heterocycles. The Labute approximate surface area is 147 Å². The molecule has 1 aromatic heterocycles. The molecule has 0 bridgehead atoms. The SMILES string of the molecule is CC(O)C(NC(=O)c1csc(NC(=O)Cc2ccccc2)n1)C(=O)O. The monoisotopic (exact) mass is 363 g/mol. The predicted molar refractivity (Wildman–Crippen MR) is 91.5 cm³/mol. The minimum atomic E-state index is -1.44. The van der Waals surface area contributed by atoms with Gasteiger partial charge < -0.3 is 20.8 Å². The summed E-state index contributed by atoms with van der Waals surface area (Å²) >= 11 is 1.05. The Balaban J connectivity index is 1.96. The van der Waals surface area contributed by atoms with Crippen LogP contribution < -0.4 is 10.6 Å². The van der Waals surface area contributed by atoms with Crippen LogP contribution in [-0.2, 0) is 16.0 Å². The molecule has 1 heterocycles. The average molecular weight is 363 g/mol. The van der Waals surface area contributed by atoms with Gasteiger partial charge in [0, 0.05) is 5.38 Å². The summed E-state index contributed by atoms with van der Waals surface area (Å²) in [6.07, 6.45) is -1.09. The van der Waals surface area contributed by atoms with Crippen LogP contribution in [0.3, 0.4) is 0 Å². The minimum absolute atomic E-state index is 0.0353. The van der Waals surface area contributed by atoms with Crippen LogP contribution >= 0.6 is 11.3 Å². The van der Waals surface area contributed by atoms with Crippen LogP contribution in [0.2, 0.25) is 0 Å². The molecule has 0 aliphatic carbocycles. The van der Waals surface area contributed by atoms with Crippen molar-refractivity contribution in [3.63, 3.8) is 0 Å². The van der Waals surface area contributed by atoms with Crippen molar-refractivity contribution in [3.8, 4) is 0 Å². The number of aliphatic hydroxyl groups excluding tert-OH is 1. The molecular formula is C16H17N3O5S. The molecule has 0 spiro atoms. The molecule has 0 saturated carbocycles. The zero-order valence-electron chi connectivity index (χ0n) is 13.3. The highest BCUT2D eigenvalue weighted by Crippen LogP contribution is 2.16. The van der Waals surface area contributed by atoms with Crippen molar-refractivity contribution in [1.82, 2.24) is 10.3 Å². The number of aliphatic hydroxyl groups is 1. The van der Waals surface area contributed by atoms with Gasteiger partial charge >= 0.3 is 5.97 Å². The van der Waals surface area contributed by atoms with E-state index in [1.165, 1.54) is 12.3 Å². The number of carboxylic acids is 1. The molecule has 0 fully saturated rings. The number of amides is 2. The number of hydrogen-bond donors (Lipinski definition) is 4. The van der Waals surface area contributed by atoms with Crippen molar-refractivity contribution in [2.45, 2.75) is 25.5 Å². The van der Waals surface area contributed by atoms with Crippen molar-refractivity contribution in [3.05, 3.63) is 47.0 Å². The summed E-state index contributed by atoms with van der Waals surface area (Å²) in [5.74, 6) is -2.37. The molecule has 0 aliphatic rings. The van der Waals surface area contributed by atoms with E-state index in [2.05, 4.69) is 15.6 Å². The lowest BCUT2D eigenvalue weighted by Crippen LogP contribution is -2.47. The highest BCUT2D eigenvalue weighted by atomic mass is 32.1. The van der Waals surface area contributed by atoms with Gasteiger partial charge in [0.1, 0.15) is 5.69 Å². The molecule has 2 rings (SSSR count). The first kappa shape index (κ1) is 18.6. The number of aliphatic carboxylic acids is 1. The molecule has 0 saturated heterocycles. The number of aromatic nitrogens is 1. The quantitative estimate of drug-likeness (QED) is 0.578. The fraction of sp³-hybridized carbons (Fsp3) is 0.250. The summed E-state index contributed by atoms with van der Waals surface area (Å²) in [5.41, 5.74) is 0.808. The van der Waals surface area contributed by atoms with Crippen LogP contribution in [0.15, 0.2) is 35.7 Å². The van der Waals surface area contributed by atoms with Crippen LogP contribution in [0.5, 0.6) is 0 Å². The topological polar surface area (TPSA) is 129 Å². The second-order valence-electron chi connectivity index (χ2n) is 5.28. The number of thiazole rings is 1. The summed E-state index contributed by atoms with van der Waals surface area (Å²) < 4.78 is 0. The van der Waals surface area contributed by atoms with Crippen LogP contribution in [0.1, 0.15) is 23.0 Å². The molecule has 0 radical (unpaired) electrons. The van der Waals surface area contributed by atoms with E-state index in [4.69, 9.17) is 5.11 Å². The van der Waals surface area contributed by atoms with Crippen molar-refractivity contribution < 1.29 is 24.6 Å². The first-order chi connectivity index (χ1) is 11.9. The highest BCUT2D eigenvalue weighted by molar-refractivity contribution is 7.14. The number of anilines is 1. The number of nitrogens with zero attached hydrogens (tertiary/aromatic N) is 1. The number of rotatable bonds is 7. The third-order valence-corrected chi connectivity index (χ3v) is 3.98. The van der Waals surface area contributed by atoms with E-state index in [1.54, 1.807) is 0 Å². The smallest absolute Gasteiger partial charge is 0.328 e. The Bertz CT molecular complexity index is 760. The fourth-order valence-electron chi connectivity index (χ4n) is 1.98. The molecular weight excluding hydrogens is 346 g/mol. The highest BCUT2D eigenvalue weighted by Gasteiger charge is 2.26. The lowest BCUT2D eigenvalue weighted by Gasteiger charge is -2.16. The predicted octanol–water partition coefficient (Wildman–Crippen LogP) is 0.888. The number of benzene rings is 1. The number of carbonyl (C=O) groups is 3. The number of nitrogens with one attached hydrogen (secondary N) is 2. The Morgan fingerprint density at radius 2 is 1.92 bits per heavy atom. The molecule has 25 heavy (non-hydrogen) atoms. The molecule has 132 valence electrons. The van der Waals surface area contributed by atoms with Gasteiger partial charge in [-0.2, -0.15) is 0 Å². The maximum absolute atomic E-state index is 12.0. The first-order valence-corrected chi connectivity index (χ1v) is 8.26. The summed E-state index contributed by atoms with van der Waals surface area (Å²) in [6.45, 7) is 1.26. The average Bonchev–Trinajstić information content (AvgIpc) is 3.01. The van der Waals surface area contributed by atoms with Crippen LogP contribution in [0.25, 0.3) is 0 Å². The van der Waals surface area contributed by atoms with E-state index in [9.17, 15) is 19.5 Å². The second kappa shape index (κ2) is 8.36. The minimum Gasteiger partial charge on any atom is -0.480 e.